The number of hydrogen-bond acceptors (Lipinski definition) is 7. The molecule has 1 aliphatic rings. The van der Waals surface area contributed by atoms with Gasteiger partial charge in [-0.1, -0.05) is 53.2 Å². The number of carbonyl (C=O) groups excluding carboxylic acids is 1. The minimum absolute atomic E-state index is 0.00887. The topological polar surface area (TPSA) is 84.6 Å². The summed E-state index contributed by atoms with van der Waals surface area (Å²) >= 11 is 0. The van der Waals surface area contributed by atoms with Crippen LogP contribution >= 0.6 is 0 Å². The summed E-state index contributed by atoms with van der Waals surface area (Å²) in [7, 11) is 0. The molecule has 4 aromatic rings. The molecular formula is C29H29N5O3. The number of piperazine rings is 1. The van der Waals surface area contributed by atoms with Gasteiger partial charge in [-0.25, -0.2) is 0 Å². The summed E-state index contributed by atoms with van der Waals surface area (Å²) in [6.45, 7) is 5.86. The third-order valence-electron chi connectivity index (χ3n) is 6.23. The van der Waals surface area contributed by atoms with Crippen LogP contribution in [0, 0.1) is 6.92 Å². The SMILES string of the molecule is Cc1ccc(-c2noc(CN3CCN(C(=O)/C=C/c4ccc(OCc5ccccn5)cc4)CC3)n2)cc1. The van der Waals surface area contributed by atoms with Gasteiger partial charge in [0.05, 0.1) is 12.2 Å². The highest BCUT2D eigenvalue weighted by Crippen LogP contribution is 2.18. The van der Waals surface area contributed by atoms with Crippen molar-refractivity contribution in [1.29, 1.82) is 0 Å². The average molecular weight is 496 g/mol. The Balaban J connectivity index is 1.07. The van der Waals surface area contributed by atoms with E-state index < -0.39 is 0 Å². The molecule has 0 aliphatic carbocycles. The molecule has 8 heteroatoms. The molecule has 3 heterocycles. The maximum absolute atomic E-state index is 12.7. The first-order chi connectivity index (χ1) is 18.1. The van der Waals surface area contributed by atoms with Gasteiger partial charge in [-0.15, -0.1) is 0 Å². The third-order valence-corrected chi connectivity index (χ3v) is 6.23. The number of carbonyl (C=O) groups is 1. The molecule has 37 heavy (non-hydrogen) atoms. The van der Waals surface area contributed by atoms with Crippen LogP contribution in [-0.2, 0) is 17.9 Å². The van der Waals surface area contributed by atoms with E-state index >= 15 is 0 Å². The van der Waals surface area contributed by atoms with E-state index in [0.717, 1.165) is 35.7 Å². The van der Waals surface area contributed by atoms with Gasteiger partial charge in [-0.05, 0) is 42.8 Å². The molecule has 0 unspecified atom stereocenters. The zero-order chi connectivity index (χ0) is 25.5. The summed E-state index contributed by atoms with van der Waals surface area (Å²) in [6.07, 6.45) is 5.22. The highest BCUT2D eigenvalue weighted by Gasteiger charge is 2.21. The summed E-state index contributed by atoms with van der Waals surface area (Å²) in [6, 6.07) is 21.5. The van der Waals surface area contributed by atoms with Crippen molar-refractivity contribution in [3.63, 3.8) is 0 Å². The van der Waals surface area contributed by atoms with Crippen LogP contribution in [0.4, 0.5) is 0 Å². The zero-order valence-corrected chi connectivity index (χ0v) is 20.8. The highest BCUT2D eigenvalue weighted by molar-refractivity contribution is 5.91. The second-order valence-electron chi connectivity index (χ2n) is 8.99. The number of ether oxygens (including phenoxy) is 1. The lowest BCUT2D eigenvalue weighted by Gasteiger charge is -2.33. The van der Waals surface area contributed by atoms with Gasteiger partial charge in [-0.2, -0.15) is 4.98 Å². The predicted molar refractivity (Wildman–Crippen MR) is 140 cm³/mol. The van der Waals surface area contributed by atoms with Gasteiger partial charge in [0.15, 0.2) is 0 Å². The quantitative estimate of drug-likeness (QED) is 0.336. The molecule has 0 spiro atoms. The third kappa shape index (κ3) is 6.68. The van der Waals surface area contributed by atoms with Gasteiger partial charge in [0.1, 0.15) is 12.4 Å². The number of pyridine rings is 1. The Morgan fingerprint density at radius 2 is 1.78 bits per heavy atom. The maximum Gasteiger partial charge on any atom is 0.246 e. The molecule has 5 rings (SSSR count). The summed E-state index contributed by atoms with van der Waals surface area (Å²) in [4.78, 5) is 25.6. The van der Waals surface area contributed by atoms with E-state index in [9.17, 15) is 4.79 Å². The fraction of sp³-hybridized carbons (Fsp3) is 0.241. The van der Waals surface area contributed by atoms with E-state index in [0.29, 0.717) is 38.0 Å². The van der Waals surface area contributed by atoms with Crippen LogP contribution < -0.4 is 4.74 Å². The molecule has 0 radical (unpaired) electrons. The molecule has 1 amide bonds. The second-order valence-corrected chi connectivity index (χ2v) is 8.99. The average Bonchev–Trinajstić information content (AvgIpc) is 3.41. The minimum Gasteiger partial charge on any atom is -0.487 e. The second kappa shape index (κ2) is 11.6. The predicted octanol–water partition coefficient (Wildman–Crippen LogP) is 4.38. The Hall–Kier alpha value is -4.30. The molecule has 1 aliphatic heterocycles. The number of nitrogens with zero attached hydrogens (tertiary/aromatic N) is 5. The standard InChI is InChI=1S/C29H29N5O3/c1-22-5-10-24(11-6-22)29-31-27(37-32-29)20-33-16-18-34(19-17-33)28(35)14-9-23-7-12-26(13-8-23)36-21-25-4-2-3-15-30-25/h2-15H,16-21H2,1H3/b14-9+. The van der Waals surface area contributed by atoms with E-state index in [4.69, 9.17) is 9.26 Å². The van der Waals surface area contributed by atoms with E-state index in [2.05, 4.69) is 20.0 Å². The van der Waals surface area contributed by atoms with Crippen molar-refractivity contribution >= 4 is 12.0 Å². The van der Waals surface area contributed by atoms with Crippen molar-refractivity contribution in [2.24, 2.45) is 0 Å². The Morgan fingerprint density at radius 3 is 2.51 bits per heavy atom. The minimum atomic E-state index is 0.00887. The summed E-state index contributed by atoms with van der Waals surface area (Å²) in [5.74, 6) is 1.96. The van der Waals surface area contributed by atoms with Crippen LogP contribution in [0.25, 0.3) is 17.5 Å². The van der Waals surface area contributed by atoms with Gasteiger partial charge in [-0.3, -0.25) is 14.7 Å². The van der Waals surface area contributed by atoms with Crippen molar-refractivity contribution in [2.45, 2.75) is 20.1 Å². The molecule has 0 N–H and O–H groups in total. The number of aryl methyl sites for hydroxylation is 1. The van der Waals surface area contributed by atoms with E-state index in [-0.39, 0.29) is 5.91 Å². The fourth-order valence-electron chi connectivity index (χ4n) is 4.05. The zero-order valence-electron chi connectivity index (χ0n) is 20.8. The largest absolute Gasteiger partial charge is 0.487 e. The van der Waals surface area contributed by atoms with Crippen LogP contribution in [0.5, 0.6) is 5.75 Å². The first-order valence-corrected chi connectivity index (χ1v) is 12.3. The lowest BCUT2D eigenvalue weighted by Crippen LogP contribution is -2.47. The molecule has 0 atom stereocenters. The Labute approximate surface area is 216 Å². The van der Waals surface area contributed by atoms with Gasteiger partial charge in [0.25, 0.3) is 0 Å². The van der Waals surface area contributed by atoms with Crippen molar-refractivity contribution < 1.29 is 14.1 Å². The Morgan fingerprint density at radius 1 is 1.00 bits per heavy atom. The number of rotatable bonds is 8. The molecule has 2 aromatic heterocycles. The molecule has 2 aromatic carbocycles. The Bertz CT molecular complexity index is 1330. The van der Waals surface area contributed by atoms with Crippen molar-refractivity contribution in [3.8, 4) is 17.1 Å². The Kier molecular flexibility index (Phi) is 7.66. The van der Waals surface area contributed by atoms with Crippen LogP contribution in [-0.4, -0.2) is 57.0 Å². The van der Waals surface area contributed by atoms with Crippen LogP contribution in [0.1, 0.15) is 22.7 Å². The first-order valence-electron chi connectivity index (χ1n) is 12.3. The molecule has 1 fully saturated rings. The van der Waals surface area contributed by atoms with Gasteiger partial charge < -0.3 is 14.2 Å². The maximum atomic E-state index is 12.7. The number of hydrogen-bond donors (Lipinski definition) is 0. The number of aromatic nitrogens is 3. The van der Waals surface area contributed by atoms with Crippen LogP contribution in [0.3, 0.4) is 0 Å². The monoisotopic (exact) mass is 495 g/mol. The normalized spacial score (nSPS) is 14.2. The molecule has 0 saturated carbocycles. The van der Waals surface area contributed by atoms with Gasteiger partial charge in [0, 0.05) is 44.0 Å². The number of amides is 1. The molecule has 8 nitrogen and oxygen atoms in total. The van der Waals surface area contributed by atoms with Gasteiger partial charge in [0.2, 0.25) is 17.6 Å². The molecule has 1 saturated heterocycles. The molecule has 0 bridgehead atoms. The fourth-order valence-corrected chi connectivity index (χ4v) is 4.05. The molecular weight excluding hydrogens is 466 g/mol. The smallest absolute Gasteiger partial charge is 0.246 e. The highest BCUT2D eigenvalue weighted by atomic mass is 16.5. The van der Waals surface area contributed by atoms with Crippen molar-refractivity contribution in [1.82, 2.24) is 24.9 Å². The van der Waals surface area contributed by atoms with Crippen LogP contribution in [0.15, 0.2) is 83.5 Å². The van der Waals surface area contributed by atoms with E-state index in [1.807, 2.05) is 84.6 Å². The lowest BCUT2D eigenvalue weighted by atomic mass is 10.1. The van der Waals surface area contributed by atoms with Gasteiger partial charge >= 0.3 is 0 Å². The number of benzene rings is 2. The summed E-state index contributed by atoms with van der Waals surface area (Å²) in [5.41, 5.74) is 3.95. The van der Waals surface area contributed by atoms with Crippen molar-refractivity contribution in [3.05, 3.63) is 102 Å². The molecule has 188 valence electrons. The van der Waals surface area contributed by atoms with E-state index in [1.54, 1.807) is 12.3 Å². The summed E-state index contributed by atoms with van der Waals surface area (Å²) < 4.78 is 11.2. The van der Waals surface area contributed by atoms with Crippen molar-refractivity contribution in [2.75, 3.05) is 26.2 Å². The lowest BCUT2D eigenvalue weighted by molar-refractivity contribution is -0.127. The van der Waals surface area contributed by atoms with Crippen LogP contribution in [0.2, 0.25) is 0 Å². The summed E-state index contributed by atoms with van der Waals surface area (Å²) in [5, 5.41) is 4.11. The van der Waals surface area contributed by atoms with E-state index in [1.165, 1.54) is 5.56 Å². The first kappa shape index (κ1) is 24.4.